The highest BCUT2D eigenvalue weighted by Crippen LogP contribution is 2.38. The number of aromatic hydroxyl groups is 1. The molecule has 0 amide bonds. The van der Waals surface area contributed by atoms with Crippen LogP contribution in [0.2, 0.25) is 0 Å². The zero-order valence-electron chi connectivity index (χ0n) is 17.6. The maximum Gasteiger partial charge on any atom is 0.254 e. The first-order valence-electron chi connectivity index (χ1n) is 10.5. The summed E-state index contributed by atoms with van der Waals surface area (Å²) in [6.45, 7) is 0.527. The van der Waals surface area contributed by atoms with Crippen molar-refractivity contribution in [1.29, 1.82) is 0 Å². The van der Waals surface area contributed by atoms with Gasteiger partial charge in [0.15, 0.2) is 23.4 Å². The van der Waals surface area contributed by atoms with Gasteiger partial charge in [-0.3, -0.25) is 4.79 Å². The largest absolute Gasteiger partial charge is 0.504 e. The van der Waals surface area contributed by atoms with Crippen molar-refractivity contribution in [2.75, 3.05) is 7.11 Å². The van der Waals surface area contributed by atoms with Gasteiger partial charge in [-0.15, -0.1) is 0 Å². The molecule has 1 atom stereocenters. The van der Waals surface area contributed by atoms with E-state index in [-0.39, 0.29) is 11.3 Å². The third-order valence-corrected chi connectivity index (χ3v) is 5.80. The molecule has 0 saturated heterocycles. The van der Waals surface area contributed by atoms with Gasteiger partial charge in [0.2, 0.25) is 0 Å². The first-order valence-corrected chi connectivity index (χ1v) is 10.5. The van der Waals surface area contributed by atoms with Gasteiger partial charge in [0, 0.05) is 24.2 Å². The van der Waals surface area contributed by atoms with Crippen molar-refractivity contribution in [3.05, 3.63) is 88.5 Å². The average Bonchev–Trinajstić information content (AvgIpc) is 2.83. The van der Waals surface area contributed by atoms with E-state index < -0.39 is 6.10 Å². The van der Waals surface area contributed by atoms with Crippen LogP contribution in [0.5, 0.6) is 17.2 Å². The van der Waals surface area contributed by atoms with Crippen molar-refractivity contribution in [3.63, 3.8) is 0 Å². The SMILES string of the molecule is COc1cc2c(cc1O)CCn1c-2cc(OC(C2=CC=CCC2)C2=COC=CO2)cc1=O. The molecule has 0 fully saturated rings. The molecule has 0 spiro atoms. The zero-order valence-corrected chi connectivity index (χ0v) is 17.6. The van der Waals surface area contributed by atoms with Crippen molar-refractivity contribution < 1.29 is 24.1 Å². The van der Waals surface area contributed by atoms with Gasteiger partial charge in [-0.05, 0) is 42.5 Å². The number of allylic oxidation sites excluding steroid dienone is 3. The lowest BCUT2D eigenvalue weighted by atomic mass is 9.96. The Morgan fingerprint density at radius 3 is 2.81 bits per heavy atom. The molecule has 0 saturated carbocycles. The maximum absolute atomic E-state index is 12.9. The summed E-state index contributed by atoms with van der Waals surface area (Å²) in [5.74, 6) is 1.39. The van der Waals surface area contributed by atoms with Crippen LogP contribution in [0.3, 0.4) is 0 Å². The molecule has 1 aromatic heterocycles. The Hall–Kier alpha value is -3.87. The molecule has 5 rings (SSSR count). The summed E-state index contributed by atoms with van der Waals surface area (Å²) in [7, 11) is 1.50. The van der Waals surface area contributed by atoms with E-state index in [1.165, 1.54) is 32.0 Å². The molecule has 2 aliphatic heterocycles. The number of phenols is 1. The Kier molecular flexibility index (Phi) is 5.23. The van der Waals surface area contributed by atoms with Gasteiger partial charge < -0.3 is 28.6 Å². The van der Waals surface area contributed by atoms with E-state index in [1.807, 2.05) is 18.2 Å². The predicted molar refractivity (Wildman–Crippen MR) is 118 cm³/mol. The fraction of sp³-hybridized carbons (Fsp3) is 0.240. The van der Waals surface area contributed by atoms with E-state index >= 15 is 0 Å². The zero-order chi connectivity index (χ0) is 22.1. The number of fused-ring (bicyclic) bond motifs is 3. The molecule has 7 nitrogen and oxygen atoms in total. The fourth-order valence-electron chi connectivity index (χ4n) is 4.24. The number of nitrogens with zero attached hydrogens (tertiary/aromatic N) is 1. The smallest absolute Gasteiger partial charge is 0.254 e. The van der Waals surface area contributed by atoms with Gasteiger partial charge in [0.05, 0.1) is 12.8 Å². The first kappa shape index (κ1) is 20.1. The number of methoxy groups -OCH3 is 1. The lowest BCUT2D eigenvalue weighted by Crippen LogP contribution is -2.28. The molecule has 0 radical (unpaired) electrons. The monoisotopic (exact) mass is 433 g/mol. The quantitative estimate of drug-likeness (QED) is 0.763. The first-order chi connectivity index (χ1) is 15.6. The van der Waals surface area contributed by atoms with Gasteiger partial charge >= 0.3 is 0 Å². The van der Waals surface area contributed by atoms with Crippen LogP contribution in [0.4, 0.5) is 0 Å². The minimum Gasteiger partial charge on any atom is -0.504 e. The summed E-state index contributed by atoms with van der Waals surface area (Å²) in [5.41, 5.74) is 3.39. The summed E-state index contributed by atoms with van der Waals surface area (Å²) < 4.78 is 24.3. The van der Waals surface area contributed by atoms with Crippen LogP contribution in [-0.4, -0.2) is 22.9 Å². The molecule has 2 aromatic rings. The average molecular weight is 433 g/mol. The number of pyridine rings is 1. The topological polar surface area (TPSA) is 79.2 Å². The number of aromatic nitrogens is 1. The number of hydrogen-bond acceptors (Lipinski definition) is 6. The second kappa shape index (κ2) is 8.34. The second-order valence-corrected chi connectivity index (χ2v) is 7.75. The third kappa shape index (κ3) is 3.66. The molecule has 3 heterocycles. The molecular weight excluding hydrogens is 410 g/mol. The minimum absolute atomic E-state index is 0.0845. The Morgan fingerprint density at radius 2 is 2.06 bits per heavy atom. The van der Waals surface area contributed by atoms with Crippen LogP contribution < -0.4 is 15.0 Å². The standard InChI is InChI=1S/C25H23NO6/c1-29-22-14-19-17(11-21(22)27)7-8-26-20(19)12-18(13-24(26)28)32-25(16-5-3-2-4-6-16)23-15-30-9-10-31-23/h2-3,5,9-15,25,27H,4,6-8H2,1H3. The van der Waals surface area contributed by atoms with Crippen LogP contribution in [0.1, 0.15) is 18.4 Å². The highest BCUT2D eigenvalue weighted by atomic mass is 16.6. The van der Waals surface area contributed by atoms with Gasteiger partial charge in [0.1, 0.15) is 24.5 Å². The van der Waals surface area contributed by atoms with E-state index in [2.05, 4.69) is 6.08 Å². The van der Waals surface area contributed by atoms with E-state index in [1.54, 1.807) is 16.7 Å². The fourth-order valence-corrected chi connectivity index (χ4v) is 4.24. The summed E-state index contributed by atoms with van der Waals surface area (Å²) in [6, 6.07) is 6.80. The summed E-state index contributed by atoms with van der Waals surface area (Å²) in [6.07, 6.45) is 12.3. The molecule has 32 heavy (non-hydrogen) atoms. The highest BCUT2D eigenvalue weighted by molar-refractivity contribution is 5.71. The molecule has 0 bridgehead atoms. The number of rotatable bonds is 5. The second-order valence-electron chi connectivity index (χ2n) is 7.75. The normalized spacial score (nSPS) is 17.2. The summed E-state index contributed by atoms with van der Waals surface area (Å²) in [4.78, 5) is 12.9. The van der Waals surface area contributed by atoms with E-state index in [0.717, 1.165) is 35.2 Å². The Morgan fingerprint density at radius 1 is 1.16 bits per heavy atom. The van der Waals surface area contributed by atoms with Crippen molar-refractivity contribution in [1.82, 2.24) is 4.57 Å². The highest BCUT2D eigenvalue weighted by Gasteiger charge is 2.27. The van der Waals surface area contributed by atoms with Crippen LogP contribution in [0, 0.1) is 0 Å². The van der Waals surface area contributed by atoms with E-state index in [4.69, 9.17) is 18.9 Å². The molecular formula is C25H23NO6. The van der Waals surface area contributed by atoms with Crippen molar-refractivity contribution >= 4 is 0 Å². The number of benzene rings is 1. The molecule has 164 valence electrons. The molecule has 1 unspecified atom stereocenters. The molecule has 1 aliphatic carbocycles. The van der Waals surface area contributed by atoms with Crippen LogP contribution in [-0.2, 0) is 22.4 Å². The van der Waals surface area contributed by atoms with Crippen molar-refractivity contribution in [2.24, 2.45) is 0 Å². The van der Waals surface area contributed by atoms with E-state index in [9.17, 15) is 9.90 Å². The molecule has 1 N–H and O–H groups in total. The van der Waals surface area contributed by atoms with Gasteiger partial charge in [0.25, 0.3) is 5.56 Å². The predicted octanol–water partition coefficient (Wildman–Crippen LogP) is 4.17. The Labute approximate surface area is 185 Å². The summed E-state index contributed by atoms with van der Waals surface area (Å²) >= 11 is 0. The summed E-state index contributed by atoms with van der Waals surface area (Å²) in [5, 5.41) is 10.2. The molecule has 7 heteroatoms. The van der Waals surface area contributed by atoms with Crippen LogP contribution in [0.25, 0.3) is 11.3 Å². The molecule has 3 aliphatic rings. The maximum atomic E-state index is 12.9. The minimum atomic E-state index is -0.523. The Balaban J connectivity index is 1.56. The molecule has 1 aromatic carbocycles. The van der Waals surface area contributed by atoms with Crippen LogP contribution >= 0.6 is 0 Å². The van der Waals surface area contributed by atoms with Gasteiger partial charge in [-0.25, -0.2) is 0 Å². The van der Waals surface area contributed by atoms with Crippen molar-refractivity contribution in [2.45, 2.75) is 31.9 Å². The lowest BCUT2D eigenvalue weighted by Gasteiger charge is -2.27. The van der Waals surface area contributed by atoms with Crippen molar-refractivity contribution in [3.8, 4) is 28.5 Å². The number of aryl methyl sites for hydroxylation is 1. The number of ether oxygens (including phenoxy) is 4. The third-order valence-electron chi connectivity index (χ3n) is 5.80. The lowest BCUT2D eigenvalue weighted by molar-refractivity contribution is 0.159. The van der Waals surface area contributed by atoms with Gasteiger partial charge in [-0.1, -0.05) is 18.2 Å². The Bertz CT molecular complexity index is 1230. The van der Waals surface area contributed by atoms with E-state index in [0.29, 0.717) is 30.2 Å². The van der Waals surface area contributed by atoms with Gasteiger partial charge in [-0.2, -0.15) is 0 Å². The van der Waals surface area contributed by atoms with Crippen LogP contribution in [0.15, 0.2) is 77.4 Å². The number of hydrogen-bond donors (Lipinski definition) is 1. The number of phenolic OH excluding ortho intramolecular Hbond substituents is 1.